The minimum absolute atomic E-state index is 0.0653. The van der Waals surface area contributed by atoms with Crippen molar-refractivity contribution in [2.24, 2.45) is 34.3 Å². The summed E-state index contributed by atoms with van der Waals surface area (Å²) in [5.74, 6) is 1.53. The quantitative estimate of drug-likeness (QED) is 0.644. The Balaban J connectivity index is 1.79. The number of allylic oxidation sites excluding steroid dienone is 4. The first-order chi connectivity index (χ1) is 10.4. The Morgan fingerprint density at radius 2 is 1.95 bits per heavy atom. The molecular weight excluding hydrogens is 274 g/mol. The highest BCUT2D eigenvalue weighted by molar-refractivity contribution is 5.44. The summed E-state index contributed by atoms with van der Waals surface area (Å²) in [4.78, 5) is 0. The first-order valence-electron chi connectivity index (χ1n) is 8.62. The predicted molar refractivity (Wildman–Crippen MR) is 87.1 cm³/mol. The summed E-state index contributed by atoms with van der Waals surface area (Å²) in [7, 11) is 0. The Hall–Kier alpha value is -1.06. The van der Waals surface area contributed by atoms with E-state index in [2.05, 4.69) is 19.9 Å². The van der Waals surface area contributed by atoms with Gasteiger partial charge in [-0.15, -0.1) is 0 Å². The topological polar surface area (TPSA) is 66.5 Å². The molecule has 0 heterocycles. The maximum Gasteiger partial charge on any atom is 0.115 e. The third-order valence-electron chi connectivity index (χ3n) is 7.45. The molecule has 0 aromatic rings. The van der Waals surface area contributed by atoms with E-state index in [-0.39, 0.29) is 22.6 Å². The lowest BCUT2D eigenvalue weighted by molar-refractivity contribution is -0.0616. The van der Waals surface area contributed by atoms with Gasteiger partial charge in [0.05, 0.1) is 6.10 Å². The van der Waals surface area contributed by atoms with E-state index in [1.54, 1.807) is 0 Å². The van der Waals surface area contributed by atoms with Crippen LogP contribution < -0.4 is 5.73 Å². The summed E-state index contributed by atoms with van der Waals surface area (Å²) in [6.07, 6.45) is 11.8. The number of fused-ring (bicyclic) bond motifs is 5. The third-order valence-corrected chi connectivity index (χ3v) is 7.45. The summed E-state index contributed by atoms with van der Waals surface area (Å²) < 4.78 is 0. The summed E-state index contributed by atoms with van der Waals surface area (Å²) in [5, 5.41) is 20.6. The highest BCUT2D eigenvalue weighted by Gasteiger charge is 2.59. The van der Waals surface area contributed by atoms with Gasteiger partial charge in [-0.2, -0.15) is 0 Å². The summed E-state index contributed by atoms with van der Waals surface area (Å²) in [6.45, 7) is 4.60. The van der Waals surface area contributed by atoms with Gasteiger partial charge >= 0.3 is 0 Å². The number of nitrogens with two attached hydrogens (primary N) is 1. The Morgan fingerprint density at radius 3 is 2.73 bits per heavy atom. The zero-order chi connectivity index (χ0) is 15.7. The SMILES string of the molecule is C[C@]12C=CC(O)=CC1=CC(O)[C@@H]1[C@H]2CC[C@]2(C)C(N)CC[C@@H]12. The Labute approximate surface area is 132 Å². The van der Waals surface area contributed by atoms with Crippen LogP contribution in [0.25, 0.3) is 0 Å². The van der Waals surface area contributed by atoms with Gasteiger partial charge < -0.3 is 15.9 Å². The minimum atomic E-state index is -0.418. The van der Waals surface area contributed by atoms with Crippen LogP contribution in [0.15, 0.2) is 35.6 Å². The van der Waals surface area contributed by atoms with Gasteiger partial charge in [-0.1, -0.05) is 26.0 Å². The van der Waals surface area contributed by atoms with Crippen molar-refractivity contribution < 1.29 is 10.2 Å². The average molecular weight is 301 g/mol. The fraction of sp³-hybridized carbons (Fsp3) is 0.684. The van der Waals surface area contributed by atoms with E-state index in [1.807, 2.05) is 18.2 Å². The molecule has 7 atom stereocenters. The second kappa shape index (κ2) is 4.48. The number of aliphatic hydroxyl groups is 2. The van der Waals surface area contributed by atoms with E-state index < -0.39 is 6.10 Å². The van der Waals surface area contributed by atoms with Gasteiger partial charge in [0.2, 0.25) is 0 Å². The zero-order valence-corrected chi connectivity index (χ0v) is 13.5. The second-order valence-electron chi connectivity index (χ2n) is 8.32. The van der Waals surface area contributed by atoms with Crippen LogP contribution in [-0.2, 0) is 0 Å². The molecule has 3 nitrogen and oxygen atoms in total. The molecule has 4 aliphatic carbocycles. The molecule has 4 rings (SSSR count). The van der Waals surface area contributed by atoms with Crippen LogP contribution in [0.4, 0.5) is 0 Å². The Bertz CT molecular complexity index is 592. The third kappa shape index (κ3) is 1.70. The first-order valence-corrected chi connectivity index (χ1v) is 8.62. The van der Waals surface area contributed by atoms with Crippen molar-refractivity contribution in [3.05, 3.63) is 35.6 Å². The molecule has 4 aliphatic rings. The van der Waals surface area contributed by atoms with Crippen molar-refractivity contribution in [2.75, 3.05) is 0 Å². The molecule has 2 fully saturated rings. The number of rotatable bonds is 0. The predicted octanol–water partition coefficient (Wildman–Crippen LogP) is 3.08. The molecule has 0 amide bonds. The van der Waals surface area contributed by atoms with Gasteiger partial charge in [0.25, 0.3) is 0 Å². The van der Waals surface area contributed by atoms with Crippen LogP contribution in [0, 0.1) is 28.6 Å². The van der Waals surface area contributed by atoms with E-state index >= 15 is 0 Å². The average Bonchev–Trinajstić information content (AvgIpc) is 2.77. The van der Waals surface area contributed by atoms with Gasteiger partial charge in [-0.05, 0) is 66.6 Å². The van der Waals surface area contributed by atoms with Crippen molar-refractivity contribution in [1.82, 2.24) is 0 Å². The molecule has 0 saturated heterocycles. The van der Waals surface area contributed by atoms with Crippen LogP contribution in [-0.4, -0.2) is 22.4 Å². The lowest BCUT2D eigenvalue weighted by Crippen LogP contribution is -2.54. The molecule has 0 aromatic carbocycles. The summed E-state index contributed by atoms with van der Waals surface area (Å²) in [5.41, 5.74) is 7.61. The maximum atomic E-state index is 10.8. The van der Waals surface area contributed by atoms with Gasteiger partial charge in [0.15, 0.2) is 0 Å². The van der Waals surface area contributed by atoms with E-state index in [1.165, 1.54) is 0 Å². The largest absolute Gasteiger partial charge is 0.508 e. The molecule has 0 radical (unpaired) electrons. The Kier molecular flexibility index (Phi) is 2.96. The second-order valence-corrected chi connectivity index (χ2v) is 8.32. The van der Waals surface area contributed by atoms with Crippen molar-refractivity contribution in [1.29, 1.82) is 0 Å². The van der Waals surface area contributed by atoms with Crippen molar-refractivity contribution in [2.45, 2.75) is 51.7 Å². The van der Waals surface area contributed by atoms with Crippen LogP contribution in [0.5, 0.6) is 0 Å². The molecule has 4 N–H and O–H groups in total. The molecule has 0 aliphatic heterocycles. The summed E-state index contributed by atoms with van der Waals surface area (Å²) in [6, 6.07) is 0.273. The number of hydrogen-bond donors (Lipinski definition) is 3. The van der Waals surface area contributed by atoms with Crippen molar-refractivity contribution >= 4 is 0 Å². The minimum Gasteiger partial charge on any atom is -0.508 e. The van der Waals surface area contributed by atoms with Crippen LogP contribution in [0.2, 0.25) is 0 Å². The Morgan fingerprint density at radius 1 is 1.18 bits per heavy atom. The van der Waals surface area contributed by atoms with Gasteiger partial charge in [-0.3, -0.25) is 0 Å². The van der Waals surface area contributed by atoms with E-state index in [0.29, 0.717) is 17.8 Å². The van der Waals surface area contributed by atoms with Gasteiger partial charge in [-0.25, -0.2) is 0 Å². The zero-order valence-electron chi connectivity index (χ0n) is 13.5. The summed E-state index contributed by atoms with van der Waals surface area (Å²) >= 11 is 0. The van der Waals surface area contributed by atoms with Gasteiger partial charge in [0.1, 0.15) is 5.76 Å². The monoisotopic (exact) mass is 301 g/mol. The lowest BCUT2D eigenvalue weighted by atomic mass is 9.49. The molecule has 0 bridgehead atoms. The molecule has 22 heavy (non-hydrogen) atoms. The normalized spacial score (nSPS) is 53.2. The van der Waals surface area contributed by atoms with Crippen molar-refractivity contribution in [3.8, 4) is 0 Å². The van der Waals surface area contributed by atoms with E-state index in [9.17, 15) is 10.2 Å². The number of hydrogen-bond acceptors (Lipinski definition) is 3. The van der Waals surface area contributed by atoms with Gasteiger partial charge in [0, 0.05) is 11.5 Å². The fourth-order valence-electron chi connectivity index (χ4n) is 5.99. The molecule has 2 unspecified atom stereocenters. The molecule has 0 spiro atoms. The molecule has 3 heteroatoms. The van der Waals surface area contributed by atoms with Crippen LogP contribution >= 0.6 is 0 Å². The first kappa shape index (κ1) is 14.5. The fourth-order valence-corrected chi connectivity index (χ4v) is 5.99. The molecule has 2 saturated carbocycles. The maximum absolute atomic E-state index is 10.8. The lowest BCUT2D eigenvalue weighted by Gasteiger charge is -2.56. The van der Waals surface area contributed by atoms with Crippen LogP contribution in [0.3, 0.4) is 0 Å². The van der Waals surface area contributed by atoms with Crippen molar-refractivity contribution in [3.63, 3.8) is 0 Å². The standard InChI is InChI=1S/C19H27NO2/c1-18-7-5-12(21)9-11(18)10-15(22)17-13-3-4-16(20)19(13,2)8-6-14(17)18/h5,7,9-10,13-17,21-22H,3-4,6,8,20H2,1-2H3/t13-,14+,15?,16?,17-,18-,19-/m0/s1. The number of aliphatic hydroxyl groups excluding tert-OH is 2. The van der Waals surface area contributed by atoms with E-state index in [4.69, 9.17) is 5.73 Å². The van der Waals surface area contributed by atoms with Crippen LogP contribution in [0.1, 0.15) is 39.5 Å². The molecular formula is C19H27NO2. The molecule has 120 valence electrons. The molecule has 0 aromatic heterocycles. The smallest absolute Gasteiger partial charge is 0.115 e. The highest BCUT2D eigenvalue weighted by Crippen LogP contribution is 2.63. The van der Waals surface area contributed by atoms with E-state index in [0.717, 1.165) is 31.3 Å². The highest BCUT2D eigenvalue weighted by atomic mass is 16.3.